The van der Waals surface area contributed by atoms with E-state index in [2.05, 4.69) is 15.4 Å². The van der Waals surface area contributed by atoms with E-state index < -0.39 is 0 Å². The third-order valence-electron chi connectivity index (χ3n) is 4.08. The van der Waals surface area contributed by atoms with Crippen molar-refractivity contribution in [2.75, 3.05) is 19.7 Å². The zero-order valence-electron chi connectivity index (χ0n) is 14.1. The van der Waals surface area contributed by atoms with Crippen LogP contribution in [0.15, 0.2) is 30.9 Å². The molecule has 1 aliphatic rings. The highest BCUT2D eigenvalue weighted by atomic mass is 16.5. The largest absolute Gasteiger partial charge is 0.370 e. The van der Waals surface area contributed by atoms with E-state index in [-0.39, 0.29) is 12.1 Å². The summed E-state index contributed by atoms with van der Waals surface area (Å²) < 4.78 is 7.66. The Morgan fingerprint density at radius 3 is 3.04 bits per heavy atom. The van der Waals surface area contributed by atoms with Crippen molar-refractivity contribution in [3.63, 3.8) is 0 Å². The van der Waals surface area contributed by atoms with Gasteiger partial charge in [-0.3, -0.25) is 9.67 Å². The fraction of sp³-hybridized carbons (Fsp3) is 0.471. The first-order chi connectivity index (χ1) is 11.7. The lowest BCUT2D eigenvalue weighted by Crippen LogP contribution is -2.46. The smallest absolute Gasteiger partial charge is 0.317 e. The minimum absolute atomic E-state index is 0.0762. The van der Waals surface area contributed by atoms with E-state index >= 15 is 0 Å². The maximum atomic E-state index is 12.4. The topological polar surface area (TPSA) is 72.3 Å². The molecule has 0 bridgehead atoms. The summed E-state index contributed by atoms with van der Waals surface area (Å²) in [5.74, 6) is 0. The first kappa shape index (κ1) is 16.4. The molecule has 1 fully saturated rings. The van der Waals surface area contributed by atoms with Crippen LogP contribution in [0, 0.1) is 6.92 Å². The van der Waals surface area contributed by atoms with Crippen LogP contribution in [0.3, 0.4) is 0 Å². The number of carbonyl (C=O) groups is 1. The average Bonchev–Trinajstić information content (AvgIpc) is 3.09. The first-order valence-corrected chi connectivity index (χ1v) is 8.23. The van der Waals surface area contributed by atoms with Crippen LogP contribution in [0.25, 0.3) is 0 Å². The van der Waals surface area contributed by atoms with Crippen molar-refractivity contribution >= 4 is 6.03 Å². The summed E-state index contributed by atoms with van der Waals surface area (Å²) in [6, 6.07) is 1.95. The van der Waals surface area contributed by atoms with Gasteiger partial charge in [-0.2, -0.15) is 5.10 Å². The molecule has 1 N–H and O–H groups in total. The highest BCUT2D eigenvalue weighted by Gasteiger charge is 2.26. The molecule has 7 nitrogen and oxygen atoms in total. The fourth-order valence-corrected chi connectivity index (χ4v) is 2.76. The Labute approximate surface area is 141 Å². The Kier molecular flexibility index (Phi) is 5.10. The molecule has 0 spiro atoms. The minimum Gasteiger partial charge on any atom is -0.370 e. The molecule has 0 radical (unpaired) electrons. The number of hydrogen-bond donors (Lipinski definition) is 1. The van der Waals surface area contributed by atoms with Crippen LogP contribution >= 0.6 is 0 Å². The Morgan fingerprint density at radius 2 is 2.29 bits per heavy atom. The number of carbonyl (C=O) groups excluding carboxylic acids is 1. The van der Waals surface area contributed by atoms with Crippen LogP contribution in [0.5, 0.6) is 0 Å². The van der Waals surface area contributed by atoms with Gasteiger partial charge in [-0.25, -0.2) is 4.79 Å². The number of morpholine rings is 1. The lowest BCUT2D eigenvalue weighted by Gasteiger charge is -2.32. The average molecular weight is 329 g/mol. The molecule has 1 saturated heterocycles. The molecule has 0 aliphatic carbocycles. The first-order valence-electron chi connectivity index (χ1n) is 8.23. The molecule has 24 heavy (non-hydrogen) atoms. The van der Waals surface area contributed by atoms with Gasteiger partial charge in [0, 0.05) is 43.8 Å². The van der Waals surface area contributed by atoms with Gasteiger partial charge in [0.15, 0.2) is 0 Å². The normalized spacial score (nSPS) is 17.8. The summed E-state index contributed by atoms with van der Waals surface area (Å²) in [6.45, 7) is 6.98. The summed E-state index contributed by atoms with van der Waals surface area (Å²) in [6.07, 6.45) is 7.24. The number of aryl methyl sites for hydroxylation is 2. The maximum absolute atomic E-state index is 12.4. The van der Waals surface area contributed by atoms with Crippen molar-refractivity contribution in [3.8, 4) is 0 Å². The van der Waals surface area contributed by atoms with Crippen LogP contribution in [0.4, 0.5) is 4.79 Å². The predicted octanol–water partition coefficient (Wildman–Crippen LogP) is 1.89. The van der Waals surface area contributed by atoms with E-state index in [0.29, 0.717) is 26.2 Å². The number of rotatable bonds is 4. The molecule has 7 heteroatoms. The maximum Gasteiger partial charge on any atom is 0.317 e. The zero-order valence-corrected chi connectivity index (χ0v) is 14.1. The molecule has 1 atom stereocenters. The summed E-state index contributed by atoms with van der Waals surface area (Å²) >= 11 is 0. The molecule has 2 aromatic rings. The van der Waals surface area contributed by atoms with Crippen LogP contribution in [0.1, 0.15) is 29.7 Å². The van der Waals surface area contributed by atoms with E-state index in [1.807, 2.05) is 37.0 Å². The van der Waals surface area contributed by atoms with Crippen LogP contribution in [-0.2, 0) is 17.8 Å². The molecule has 128 valence electrons. The molecular formula is C17H23N5O2. The summed E-state index contributed by atoms with van der Waals surface area (Å²) in [5.41, 5.74) is 3.09. The molecular weight excluding hydrogens is 306 g/mol. The second kappa shape index (κ2) is 7.44. The lowest BCUT2D eigenvalue weighted by atomic mass is 10.1. The van der Waals surface area contributed by atoms with Gasteiger partial charge >= 0.3 is 6.03 Å². The zero-order chi connectivity index (χ0) is 16.9. The van der Waals surface area contributed by atoms with Crippen molar-refractivity contribution in [1.82, 2.24) is 25.0 Å². The molecule has 3 heterocycles. The second-order valence-corrected chi connectivity index (χ2v) is 5.96. The van der Waals surface area contributed by atoms with Gasteiger partial charge in [0.2, 0.25) is 0 Å². The number of amides is 2. The van der Waals surface area contributed by atoms with E-state index in [1.165, 1.54) is 0 Å². The van der Waals surface area contributed by atoms with Gasteiger partial charge in [0.25, 0.3) is 0 Å². The van der Waals surface area contributed by atoms with Gasteiger partial charge in [0.1, 0.15) is 6.10 Å². The van der Waals surface area contributed by atoms with Gasteiger partial charge in [-0.1, -0.05) is 6.07 Å². The molecule has 2 amide bonds. The van der Waals surface area contributed by atoms with Crippen molar-refractivity contribution in [3.05, 3.63) is 47.5 Å². The molecule has 0 saturated carbocycles. The fourth-order valence-electron chi connectivity index (χ4n) is 2.76. The number of aromatic nitrogens is 3. The van der Waals surface area contributed by atoms with Gasteiger partial charge in [-0.05, 0) is 25.0 Å². The number of ether oxygens (including phenoxy) is 1. The molecule has 0 unspecified atom stereocenters. The number of urea groups is 1. The Bertz CT molecular complexity index is 700. The second-order valence-electron chi connectivity index (χ2n) is 5.96. The van der Waals surface area contributed by atoms with E-state index in [1.54, 1.807) is 17.3 Å². The standard InChI is InChI=1S/C17H23N5O2/c1-3-22-11-15(10-20-22)16-12-21(4-5-24-16)17(23)19-9-14-6-13(2)7-18-8-14/h6-8,10-11,16H,3-5,9,12H2,1-2H3,(H,19,23)/t16-/m0/s1. The van der Waals surface area contributed by atoms with E-state index in [0.717, 1.165) is 23.2 Å². The lowest BCUT2D eigenvalue weighted by molar-refractivity contribution is -0.0155. The third kappa shape index (κ3) is 3.91. The molecule has 0 aromatic carbocycles. The highest BCUT2D eigenvalue weighted by Crippen LogP contribution is 2.21. The van der Waals surface area contributed by atoms with Crippen molar-refractivity contribution in [1.29, 1.82) is 0 Å². The van der Waals surface area contributed by atoms with Gasteiger partial charge in [0.05, 0.1) is 19.3 Å². The third-order valence-corrected chi connectivity index (χ3v) is 4.08. The van der Waals surface area contributed by atoms with Crippen LogP contribution in [0.2, 0.25) is 0 Å². The van der Waals surface area contributed by atoms with E-state index in [4.69, 9.17) is 4.74 Å². The SMILES string of the molecule is CCn1cc([C@@H]2CN(C(=O)NCc3cncc(C)c3)CCO2)cn1. The quantitative estimate of drug-likeness (QED) is 0.930. The number of pyridine rings is 1. The number of hydrogen-bond acceptors (Lipinski definition) is 4. The molecule has 1 aliphatic heterocycles. The Morgan fingerprint density at radius 1 is 1.42 bits per heavy atom. The van der Waals surface area contributed by atoms with E-state index in [9.17, 15) is 4.79 Å². The number of nitrogens with zero attached hydrogens (tertiary/aromatic N) is 4. The van der Waals surface area contributed by atoms with Crippen molar-refractivity contribution in [2.24, 2.45) is 0 Å². The predicted molar refractivity (Wildman–Crippen MR) is 89.4 cm³/mol. The van der Waals surface area contributed by atoms with Crippen LogP contribution in [-0.4, -0.2) is 45.4 Å². The van der Waals surface area contributed by atoms with Crippen molar-refractivity contribution in [2.45, 2.75) is 33.0 Å². The summed E-state index contributed by atoms with van der Waals surface area (Å²) in [7, 11) is 0. The molecule has 3 rings (SSSR count). The Balaban J connectivity index is 1.56. The molecule has 2 aromatic heterocycles. The summed E-state index contributed by atoms with van der Waals surface area (Å²) in [5, 5.41) is 7.23. The summed E-state index contributed by atoms with van der Waals surface area (Å²) in [4.78, 5) is 18.3. The highest BCUT2D eigenvalue weighted by molar-refractivity contribution is 5.74. The Hall–Kier alpha value is -2.41. The number of nitrogens with one attached hydrogen (secondary N) is 1. The minimum atomic E-state index is -0.120. The van der Waals surface area contributed by atoms with Gasteiger partial charge in [-0.15, -0.1) is 0 Å². The van der Waals surface area contributed by atoms with Crippen molar-refractivity contribution < 1.29 is 9.53 Å². The van der Waals surface area contributed by atoms with Gasteiger partial charge < -0.3 is 15.0 Å². The monoisotopic (exact) mass is 329 g/mol. The van der Waals surface area contributed by atoms with Crippen LogP contribution < -0.4 is 5.32 Å².